The van der Waals surface area contributed by atoms with Crippen molar-refractivity contribution >= 4 is 36.4 Å². The monoisotopic (exact) mass is 575 g/mol. The molecule has 3 aromatic rings. The molecular formula is C27H30BrNOSSe. The molecule has 3 atom stereocenters. The van der Waals surface area contributed by atoms with Crippen LogP contribution in [0.15, 0.2) is 95.9 Å². The van der Waals surface area contributed by atoms with Gasteiger partial charge >= 0.3 is 196 Å². The zero-order valence-electron chi connectivity index (χ0n) is 18.6. The van der Waals surface area contributed by atoms with Gasteiger partial charge in [-0.1, -0.05) is 0 Å². The van der Waals surface area contributed by atoms with Gasteiger partial charge in [0.05, 0.1) is 0 Å². The average molecular weight is 575 g/mol. The molecule has 2 nitrogen and oxygen atoms in total. The van der Waals surface area contributed by atoms with E-state index in [4.69, 9.17) is 0 Å². The summed E-state index contributed by atoms with van der Waals surface area (Å²) in [7, 11) is -1.05. The summed E-state index contributed by atoms with van der Waals surface area (Å²) in [5, 5.41) is 1.16. The Labute approximate surface area is 211 Å². The van der Waals surface area contributed by atoms with Gasteiger partial charge < -0.3 is 17.0 Å². The van der Waals surface area contributed by atoms with E-state index in [-0.39, 0.29) is 28.4 Å². The van der Waals surface area contributed by atoms with E-state index in [9.17, 15) is 4.21 Å². The third kappa shape index (κ3) is 6.51. The number of rotatable bonds is 8. The Bertz CT molecular complexity index is 1040. The van der Waals surface area contributed by atoms with Gasteiger partial charge in [-0.2, -0.15) is 0 Å². The van der Waals surface area contributed by atoms with Crippen molar-refractivity contribution in [1.82, 2.24) is 0 Å². The van der Waals surface area contributed by atoms with Gasteiger partial charge in [0.2, 0.25) is 0 Å². The van der Waals surface area contributed by atoms with Crippen LogP contribution in [0.3, 0.4) is 0 Å². The number of halogens is 1. The molecule has 1 heterocycles. The summed E-state index contributed by atoms with van der Waals surface area (Å²) >= 11 is 0.429. The number of benzene rings is 3. The molecule has 0 radical (unpaired) electrons. The number of nitrogens with zero attached hydrogens (tertiary/aromatic N) is 1. The topological polar surface area (TPSA) is 20.1 Å². The van der Waals surface area contributed by atoms with Crippen molar-refractivity contribution in [3.8, 4) is 0 Å². The van der Waals surface area contributed by atoms with Gasteiger partial charge in [0.15, 0.2) is 0 Å². The maximum absolute atomic E-state index is 13.3. The standard InChI is InChI=1S/C27H30NOSSe.BrH/c1-27(2)18-23(20-31-25-16-10-5-11-17-25)28(21-27)26(22-12-6-3-7-13-22)19-30(29)24-14-8-4-9-15-24;/h3-17,21,23,26H,18-20H2,1-2H3;1H/q+1;/p-1/t23?,26-,30?;/m0./s1. The minimum atomic E-state index is -1.05. The first-order valence-electron chi connectivity index (χ1n) is 10.8. The first-order valence-corrected chi connectivity index (χ1v) is 14.2. The van der Waals surface area contributed by atoms with Crippen LogP contribution >= 0.6 is 0 Å². The van der Waals surface area contributed by atoms with Gasteiger partial charge in [-0.3, -0.25) is 0 Å². The zero-order chi connectivity index (χ0) is 21.7. The molecule has 0 N–H and O–H groups in total. The van der Waals surface area contributed by atoms with Crippen molar-refractivity contribution in [2.24, 2.45) is 5.41 Å². The van der Waals surface area contributed by atoms with Crippen molar-refractivity contribution in [2.75, 3.05) is 5.75 Å². The Morgan fingerprint density at radius 1 is 0.938 bits per heavy atom. The van der Waals surface area contributed by atoms with E-state index in [1.807, 2.05) is 30.3 Å². The van der Waals surface area contributed by atoms with E-state index >= 15 is 0 Å². The second kappa shape index (κ2) is 11.6. The van der Waals surface area contributed by atoms with Crippen molar-refractivity contribution in [2.45, 2.75) is 42.6 Å². The van der Waals surface area contributed by atoms with E-state index in [0.717, 1.165) is 16.6 Å². The Balaban J connectivity index is 0.00000289. The predicted molar refractivity (Wildman–Crippen MR) is 132 cm³/mol. The molecule has 5 heteroatoms. The summed E-state index contributed by atoms with van der Waals surface area (Å²) in [5.41, 5.74) is 1.40. The molecule has 0 spiro atoms. The van der Waals surface area contributed by atoms with Gasteiger partial charge in [-0.15, -0.1) is 0 Å². The fourth-order valence-electron chi connectivity index (χ4n) is 4.31. The van der Waals surface area contributed by atoms with Crippen LogP contribution in [0.5, 0.6) is 0 Å². The summed E-state index contributed by atoms with van der Waals surface area (Å²) < 4.78 is 17.3. The third-order valence-corrected chi connectivity index (χ3v) is 9.57. The quantitative estimate of drug-likeness (QED) is 0.297. The van der Waals surface area contributed by atoms with Crippen LogP contribution in [0.25, 0.3) is 0 Å². The minimum absolute atomic E-state index is 0. The van der Waals surface area contributed by atoms with Crippen LogP contribution in [0.4, 0.5) is 0 Å². The average Bonchev–Trinajstić information content (AvgIpc) is 3.12. The summed E-state index contributed by atoms with van der Waals surface area (Å²) in [6, 6.07) is 31.9. The van der Waals surface area contributed by atoms with Crippen molar-refractivity contribution in [1.29, 1.82) is 0 Å². The molecule has 0 saturated heterocycles. The van der Waals surface area contributed by atoms with Crippen molar-refractivity contribution < 1.29 is 25.8 Å². The van der Waals surface area contributed by atoms with E-state index < -0.39 is 10.8 Å². The van der Waals surface area contributed by atoms with Gasteiger partial charge in [0, 0.05) is 0 Å². The number of hydrogen-bond acceptors (Lipinski definition) is 1. The Morgan fingerprint density at radius 3 is 2.12 bits per heavy atom. The second-order valence-corrected chi connectivity index (χ2v) is 12.6. The maximum atomic E-state index is 13.3. The molecule has 2 unspecified atom stereocenters. The molecule has 168 valence electrons. The predicted octanol–water partition coefficient (Wildman–Crippen LogP) is 1.87. The SMILES string of the molecule is CC1(C)C=[N+]([C@@H](CS(=O)c2ccccc2)c2ccccc2)C(C[Se]c2ccccc2)C1.[Br-]. The van der Waals surface area contributed by atoms with Crippen molar-refractivity contribution in [3.63, 3.8) is 0 Å². The van der Waals surface area contributed by atoms with Crippen LogP contribution in [0, 0.1) is 5.41 Å². The van der Waals surface area contributed by atoms with Gasteiger partial charge in [0.1, 0.15) is 0 Å². The summed E-state index contributed by atoms with van der Waals surface area (Å²) in [4.78, 5) is 0.909. The van der Waals surface area contributed by atoms with E-state index in [1.54, 1.807) is 0 Å². The Hall–Kier alpha value is -1.52. The Morgan fingerprint density at radius 2 is 1.50 bits per heavy atom. The molecule has 0 fully saturated rings. The molecule has 32 heavy (non-hydrogen) atoms. The largest absolute Gasteiger partial charge is 1.00 e. The minimum Gasteiger partial charge on any atom is -1.00 e. The summed E-state index contributed by atoms with van der Waals surface area (Å²) in [6.07, 6.45) is 3.56. The van der Waals surface area contributed by atoms with Gasteiger partial charge in [-0.05, 0) is 0 Å². The van der Waals surface area contributed by atoms with Gasteiger partial charge in [0.25, 0.3) is 0 Å². The molecule has 0 saturated carbocycles. The number of hydrogen-bond donors (Lipinski definition) is 0. The molecule has 3 aromatic carbocycles. The molecule has 0 bridgehead atoms. The maximum Gasteiger partial charge on any atom is -1.00 e. The van der Waals surface area contributed by atoms with Crippen LogP contribution < -0.4 is 21.4 Å². The normalized spacial score (nSPS) is 18.9. The third-order valence-electron chi connectivity index (χ3n) is 5.73. The first kappa shape index (κ1) is 25.1. The van der Waals surface area contributed by atoms with Gasteiger partial charge in [-0.25, -0.2) is 0 Å². The molecule has 4 rings (SSSR count). The van der Waals surface area contributed by atoms with Crippen LogP contribution in [-0.4, -0.2) is 41.8 Å². The first-order chi connectivity index (χ1) is 15.0. The molecule has 1 aliphatic rings. The molecule has 0 aliphatic carbocycles. The molecule has 1 aliphatic heterocycles. The van der Waals surface area contributed by atoms with E-state index in [2.05, 4.69) is 85.3 Å². The smallest absolute Gasteiger partial charge is 1.00 e. The summed E-state index contributed by atoms with van der Waals surface area (Å²) in [6.45, 7) is 4.65. The van der Waals surface area contributed by atoms with E-state index in [1.165, 1.54) is 10.0 Å². The second-order valence-electron chi connectivity index (χ2n) is 8.80. The zero-order valence-corrected chi connectivity index (χ0v) is 22.7. The fourth-order valence-corrected chi connectivity index (χ4v) is 7.77. The fraction of sp³-hybridized carbons (Fsp3) is 0.296. The molecule has 0 amide bonds. The van der Waals surface area contributed by atoms with Crippen molar-refractivity contribution in [3.05, 3.63) is 96.6 Å². The van der Waals surface area contributed by atoms with Crippen LogP contribution in [-0.2, 0) is 10.8 Å². The van der Waals surface area contributed by atoms with Crippen LogP contribution in [0.2, 0.25) is 5.32 Å². The van der Waals surface area contributed by atoms with Crippen LogP contribution in [0.1, 0.15) is 31.9 Å². The molecular weight excluding hydrogens is 545 g/mol. The Kier molecular flexibility index (Phi) is 9.07. The molecule has 0 aromatic heterocycles. The summed E-state index contributed by atoms with van der Waals surface area (Å²) in [5.74, 6) is 0.607. The van der Waals surface area contributed by atoms with E-state index in [0.29, 0.717) is 26.8 Å².